The number of nitrogens with one attached hydrogen (secondary N) is 2. The molecule has 2 amide bonds. The van der Waals surface area contributed by atoms with Crippen LogP contribution in [-0.2, 0) is 4.79 Å². The predicted molar refractivity (Wildman–Crippen MR) is 93.1 cm³/mol. The lowest BCUT2D eigenvalue weighted by molar-refractivity contribution is -0.125. The van der Waals surface area contributed by atoms with Crippen LogP contribution in [0.4, 0.5) is 8.78 Å². The average molecular weight is 369 g/mol. The van der Waals surface area contributed by atoms with Crippen molar-refractivity contribution in [2.75, 3.05) is 26.7 Å². The van der Waals surface area contributed by atoms with E-state index < -0.39 is 23.1 Å². The van der Waals surface area contributed by atoms with E-state index in [4.69, 9.17) is 4.74 Å². The summed E-state index contributed by atoms with van der Waals surface area (Å²) >= 11 is 0. The third-order valence-corrected chi connectivity index (χ3v) is 4.38. The summed E-state index contributed by atoms with van der Waals surface area (Å²) in [5, 5.41) is 5.43. The Morgan fingerprint density at radius 1 is 1.27 bits per heavy atom. The number of benzene rings is 1. The fourth-order valence-electron chi connectivity index (χ4n) is 3.25. The summed E-state index contributed by atoms with van der Waals surface area (Å²) in [5.41, 5.74) is -0.644. The van der Waals surface area contributed by atoms with Crippen molar-refractivity contribution in [2.24, 2.45) is 0 Å². The maximum absolute atomic E-state index is 14.1. The van der Waals surface area contributed by atoms with E-state index in [-0.39, 0.29) is 23.7 Å². The molecule has 2 N–H and O–H groups in total. The fraction of sp³-hybridized carbons (Fsp3) is 0.556. The molecule has 2 unspecified atom stereocenters. The number of halogens is 2. The van der Waals surface area contributed by atoms with Crippen LogP contribution in [0.3, 0.4) is 0 Å². The molecule has 0 radical (unpaired) electrons. The molecule has 8 heteroatoms. The van der Waals surface area contributed by atoms with Crippen molar-refractivity contribution in [2.45, 2.75) is 38.8 Å². The monoisotopic (exact) mass is 369 g/mol. The van der Waals surface area contributed by atoms with Crippen LogP contribution in [0, 0.1) is 11.6 Å². The van der Waals surface area contributed by atoms with Gasteiger partial charge in [0.1, 0.15) is 22.9 Å². The summed E-state index contributed by atoms with van der Waals surface area (Å²) in [6.07, 6.45) is 1.26. The van der Waals surface area contributed by atoms with Crippen molar-refractivity contribution < 1.29 is 23.1 Å². The summed E-state index contributed by atoms with van der Waals surface area (Å²) in [6.45, 7) is 5.53. The highest BCUT2D eigenvalue weighted by molar-refractivity contribution is 5.95. The van der Waals surface area contributed by atoms with Crippen LogP contribution in [0.15, 0.2) is 12.1 Å². The van der Waals surface area contributed by atoms with Crippen molar-refractivity contribution in [3.05, 3.63) is 29.3 Å². The summed E-state index contributed by atoms with van der Waals surface area (Å²) in [4.78, 5) is 26.6. The van der Waals surface area contributed by atoms with Crippen LogP contribution in [-0.4, -0.2) is 55.5 Å². The van der Waals surface area contributed by atoms with Gasteiger partial charge in [-0.25, -0.2) is 8.78 Å². The number of carbonyl (C=O) groups excluding carboxylic acids is 2. The van der Waals surface area contributed by atoms with Gasteiger partial charge in [-0.1, -0.05) is 6.92 Å². The minimum atomic E-state index is -0.983. The maximum atomic E-state index is 14.1. The molecule has 6 nitrogen and oxygen atoms in total. The van der Waals surface area contributed by atoms with E-state index in [1.807, 2.05) is 18.7 Å². The molecule has 2 atom stereocenters. The molecule has 1 fully saturated rings. The summed E-state index contributed by atoms with van der Waals surface area (Å²) in [6, 6.07) is 1.22. The molecule has 1 aromatic carbocycles. The Bertz CT molecular complexity index is 646. The number of likely N-dealkylation sites (tertiary alicyclic amines) is 1. The first kappa shape index (κ1) is 20.1. The number of nitrogens with zero attached hydrogens (tertiary/aromatic N) is 1. The molecular formula is C18H25F2N3O3. The molecule has 2 rings (SSSR count). The van der Waals surface area contributed by atoms with Gasteiger partial charge in [0.05, 0.1) is 13.2 Å². The largest absolute Gasteiger partial charge is 0.497 e. The lowest BCUT2D eigenvalue weighted by atomic mass is 10.1. The van der Waals surface area contributed by atoms with Crippen LogP contribution in [0.2, 0.25) is 0 Å². The van der Waals surface area contributed by atoms with Crippen molar-refractivity contribution in [1.29, 1.82) is 0 Å². The first-order valence-corrected chi connectivity index (χ1v) is 8.76. The van der Waals surface area contributed by atoms with Gasteiger partial charge in [-0.2, -0.15) is 0 Å². The van der Waals surface area contributed by atoms with Gasteiger partial charge in [-0.3, -0.25) is 14.5 Å². The molecule has 144 valence electrons. The number of rotatable bonds is 7. The number of carbonyl (C=O) groups is 2. The molecule has 1 saturated heterocycles. The minimum absolute atomic E-state index is 0.00263. The number of likely N-dealkylation sites (N-methyl/N-ethyl adjacent to an activating group) is 1. The van der Waals surface area contributed by atoms with Crippen molar-refractivity contribution in [3.8, 4) is 5.75 Å². The molecule has 0 saturated carbocycles. The van der Waals surface area contributed by atoms with Gasteiger partial charge >= 0.3 is 0 Å². The van der Waals surface area contributed by atoms with Crippen molar-refractivity contribution in [1.82, 2.24) is 15.5 Å². The zero-order valence-corrected chi connectivity index (χ0v) is 15.3. The first-order valence-electron chi connectivity index (χ1n) is 8.76. The lowest BCUT2D eigenvalue weighted by Gasteiger charge is -2.22. The first-order chi connectivity index (χ1) is 12.4. The smallest absolute Gasteiger partial charge is 0.257 e. The van der Waals surface area contributed by atoms with Crippen molar-refractivity contribution >= 4 is 11.8 Å². The van der Waals surface area contributed by atoms with E-state index in [2.05, 4.69) is 10.6 Å². The molecular weight excluding hydrogens is 344 g/mol. The maximum Gasteiger partial charge on any atom is 0.257 e. The van der Waals surface area contributed by atoms with E-state index in [1.165, 1.54) is 7.11 Å². The zero-order valence-electron chi connectivity index (χ0n) is 15.3. The quantitative estimate of drug-likeness (QED) is 0.767. The van der Waals surface area contributed by atoms with Gasteiger partial charge in [0.25, 0.3) is 5.91 Å². The fourth-order valence-corrected chi connectivity index (χ4v) is 3.25. The molecule has 0 bridgehead atoms. The highest BCUT2D eigenvalue weighted by Crippen LogP contribution is 2.22. The molecule has 1 aromatic rings. The molecule has 0 spiro atoms. The average Bonchev–Trinajstić information content (AvgIpc) is 2.97. The Balaban J connectivity index is 2.11. The van der Waals surface area contributed by atoms with E-state index >= 15 is 0 Å². The number of hydrogen-bond donors (Lipinski definition) is 2. The minimum Gasteiger partial charge on any atom is -0.497 e. The second-order valence-electron chi connectivity index (χ2n) is 6.28. The Morgan fingerprint density at radius 2 is 1.92 bits per heavy atom. The SMILES string of the molecule is CCCN1CC(NC(=O)c2c(F)cc(OC)cc2F)CC1C(=O)NCC. The highest BCUT2D eigenvalue weighted by Gasteiger charge is 2.37. The predicted octanol–water partition coefficient (Wildman–Crippen LogP) is 1.69. The lowest BCUT2D eigenvalue weighted by Crippen LogP contribution is -2.43. The Labute approximate surface area is 151 Å². The van der Waals surface area contributed by atoms with Crippen LogP contribution < -0.4 is 15.4 Å². The normalized spacial score (nSPS) is 20.0. The zero-order chi connectivity index (χ0) is 19.3. The Hall–Kier alpha value is -2.22. The van der Waals surface area contributed by atoms with Gasteiger partial charge in [0, 0.05) is 31.3 Å². The van der Waals surface area contributed by atoms with E-state index in [0.29, 0.717) is 26.1 Å². The number of ether oxygens (including phenoxy) is 1. The van der Waals surface area contributed by atoms with Crippen LogP contribution >= 0.6 is 0 Å². The van der Waals surface area contributed by atoms with E-state index in [1.54, 1.807) is 0 Å². The van der Waals surface area contributed by atoms with Gasteiger partial charge in [0.15, 0.2) is 0 Å². The van der Waals surface area contributed by atoms with Gasteiger partial charge in [-0.05, 0) is 26.3 Å². The molecule has 0 aromatic heterocycles. The number of amides is 2. The van der Waals surface area contributed by atoms with Crippen LogP contribution in [0.25, 0.3) is 0 Å². The standard InChI is InChI=1S/C18H25F2N3O3/c1-4-6-23-10-11(7-15(23)17(24)21-5-2)22-18(25)16-13(19)8-12(26-3)9-14(16)20/h8-9,11,15H,4-7,10H2,1-3H3,(H,21,24)(H,22,25). The van der Waals surface area contributed by atoms with Gasteiger partial charge < -0.3 is 15.4 Å². The Morgan fingerprint density at radius 3 is 2.46 bits per heavy atom. The van der Waals surface area contributed by atoms with Crippen molar-refractivity contribution in [3.63, 3.8) is 0 Å². The van der Waals surface area contributed by atoms with E-state index in [9.17, 15) is 18.4 Å². The highest BCUT2D eigenvalue weighted by atomic mass is 19.1. The van der Waals surface area contributed by atoms with Gasteiger partial charge in [-0.15, -0.1) is 0 Å². The van der Waals surface area contributed by atoms with Crippen LogP contribution in [0.1, 0.15) is 37.0 Å². The summed E-state index contributed by atoms with van der Waals surface area (Å²) < 4.78 is 32.9. The molecule has 26 heavy (non-hydrogen) atoms. The molecule has 1 aliphatic heterocycles. The third-order valence-electron chi connectivity index (χ3n) is 4.38. The number of hydrogen-bond acceptors (Lipinski definition) is 4. The van der Waals surface area contributed by atoms with E-state index in [0.717, 1.165) is 18.6 Å². The Kier molecular flexibility index (Phi) is 6.90. The number of methoxy groups -OCH3 is 1. The van der Waals surface area contributed by atoms with Crippen LogP contribution in [0.5, 0.6) is 5.75 Å². The summed E-state index contributed by atoms with van der Waals surface area (Å²) in [5.74, 6) is -2.89. The topological polar surface area (TPSA) is 70.7 Å². The van der Waals surface area contributed by atoms with Gasteiger partial charge in [0.2, 0.25) is 5.91 Å². The summed E-state index contributed by atoms with van der Waals surface area (Å²) in [7, 11) is 1.29. The third kappa shape index (κ3) is 4.49. The molecule has 1 aliphatic rings. The molecule has 1 heterocycles. The second kappa shape index (κ2) is 8.93. The second-order valence-corrected chi connectivity index (χ2v) is 6.28. The molecule has 0 aliphatic carbocycles.